The fraction of sp³-hybridized carbons (Fsp3) is 0.603. The highest BCUT2D eigenvalue weighted by atomic mass is 15.3. The van der Waals surface area contributed by atoms with E-state index in [1.54, 1.807) is 0 Å². The average molecular weight is 1030 g/mol. The summed E-state index contributed by atoms with van der Waals surface area (Å²) < 4.78 is 0. The van der Waals surface area contributed by atoms with Gasteiger partial charge in [0.25, 0.3) is 0 Å². The van der Waals surface area contributed by atoms with E-state index in [4.69, 9.17) is 49.8 Å². The molecule has 1 aromatic carbocycles. The van der Waals surface area contributed by atoms with E-state index >= 15 is 0 Å². The Kier molecular flexibility index (Phi) is 26.5. The van der Waals surface area contributed by atoms with Gasteiger partial charge in [-0.15, -0.1) is 0 Å². The van der Waals surface area contributed by atoms with Gasteiger partial charge in [0.1, 0.15) is 5.84 Å². The molecule has 12 heteroatoms. The van der Waals surface area contributed by atoms with Crippen LogP contribution < -0.4 is 48.7 Å². The predicted octanol–water partition coefficient (Wildman–Crippen LogP) is 10.3. The monoisotopic (exact) mass is 1030 g/mol. The Bertz CT molecular complexity index is 2080. The minimum atomic E-state index is -0.260. The van der Waals surface area contributed by atoms with Gasteiger partial charge in [-0.3, -0.25) is 5.41 Å². The lowest BCUT2D eigenvalue weighted by molar-refractivity contribution is 0.236. The highest BCUT2D eigenvalue weighted by Gasteiger charge is 2.38. The number of nitrogens with zero attached hydrogens (tertiary/aromatic N) is 2. The van der Waals surface area contributed by atoms with Crippen molar-refractivity contribution in [3.8, 4) is 0 Å². The molecule has 0 saturated carbocycles. The van der Waals surface area contributed by atoms with E-state index in [2.05, 4.69) is 162 Å². The maximum absolute atomic E-state index is 7.85. The number of amidine groups is 1. The molecule has 2 fully saturated rings. The number of nitrogens with one attached hydrogen (secondary N) is 8. The molecule has 10 unspecified atom stereocenters. The first-order valence-electron chi connectivity index (χ1n) is 28.4. The van der Waals surface area contributed by atoms with Crippen LogP contribution in [0, 0.1) is 35.0 Å². The van der Waals surface area contributed by atoms with Crippen LogP contribution in [0.25, 0.3) is 0 Å². The van der Waals surface area contributed by atoms with Crippen molar-refractivity contribution in [3.63, 3.8) is 0 Å². The van der Waals surface area contributed by atoms with Gasteiger partial charge in [0, 0.05) is 70.7 Å². The van der Waals surface area contributed by atoms with E-state index in [1.807, 2.05) is 18.2 Å². The minimum Gasteiger partial charge on any atom is -0.387 e. The lowest BCUT2D eigenvalue weighted by atomic mass is 9.93. The van der Waals surface area contributed by atoms with Crippen LogP contribution in [0.5, 0.6) is 0 Å². The van der Waals surface area contributed by atoms with Crippen LogP contribution >= 0.6 is 0 Å². The van der Waals surface area contributed by atoms with Crippen LogP contribution in [0.3, 0.4) is 0 Å². The Morgan fingerprint density at radius 2 is 1.15 bits per heavy atom. The van der Waals surface area contributed by atoms with Gasteiger partial charge in [-0.2, -0.15) is 0 Å². The Morgan fingerprint density at radius 1 is 0.640 bits per heavy atom. The molecule has 0 bridgehead atoms. The summed E-state index contributed by atoms with van der Waals surface area (Å²) >= 11 is 0. The van der Waals surface area contributed by atoms with E-state index in [0.717, 1.165) is 109 Å². The maximum Gasteiger partial charge on any atom is 0.105 e. The summed E-state index contributed by atoms with van der Waals surface area (Å²) in [6.07, 6.45) is 8.21. The number of likely N-dealkylation sites (tertiary alicyclic amines) is 2. The number of rotatable bonds is 38. The first kappa shape index (κ1) is 64.0. The summed E-state index contributed by atoms with van der Waals surface area (Å²) in [5.74, 6) is 1.71. The molecule has 0 amide bonds. The Balaban J connectivity index is 1.84. The number of hydrogen-bond acceptors (Lipinski definition) is 11. The van der Waals surface area contributed by atoms with Crippen LogP contribution in [0.1, 0.15) is 133 Å². The molecular formula is C63H108N12. The SMILES string of the molecule is C=C(NC(CC(C)C)C(=C)NC(C(=C)NC(CCNCC(=N)N)C(=C)NC(CC(C)C)C(=C)NC(C(=C)N1CCCC1C(=C)N1CCCC1C(=C)NC(C(=C)C)C(C)C)C(C)C)C(C)CC)C(N)Cc1ccccc1. The second kappa shape index (κ2) is 31.0. The van der Waals surface area contributed by atoms with Crippen LogP contribution in [0.15, 0.2) is 141 Å². The number of benzene rings is 1. The Labute approximate surface area is 458 Å². The Morgan fingerprint density at radius 3 is 1.67 bits per heavy atom. The molecule has 420 valence electrons. The molecule has 2 heterocycles. The van der Waals surface area contributed by atoms with E-state index in [-0.39, 0.29) is 72.0 Å². The standard InChI is InChI=1S/C63H108N12/c1-21-44(12)63(72-48(16)56(35-39(2)3)68-45(13)54(64)37-53-27-23-22-24-28-53)50(18)70-55(31-32-67-38-60(65)66)46(14)69-57(36-40(4)5)47(15)71-62(43(10)11)52(20)75-34-26-30-59(75)51(19)74-33-25-29-58(74)49(17)73-61(41(6)7)42(8)9/h22-24,27-28,39-40,42-44,54-59,61-63,67-73H,6,13-21,25-26,29-38,64H2,1-5,7-12H3,(H3,65,66). The summed E-state index contributed by atoms with van der Waals surface area (Å²) in [6.45, 7) is 68.9. The highest BCUT2D eigenvalue weighted by Crippen LogP contribution is 2.36. The van der Waals surface area contributed by atoms with Crippen molar-refractivity contribution in [1.82, 2.24) is 47.0 Å². The van der Waals surface area contributed by atoms with E-state index in [0.29, 0.717) is 43.7 Å². The smallest absolute Gasteiger partial charge is 0.105 e. The summed E-state index contributed by atoms with van der Waals surface area (Å²) in [7, 11) is 0. The van der Waals surface area contributed by atoms with Crippen molar-refractivity contribution >= 4 is 5.84 Å². The molecular weight excluding hydrogens is 925 g/mol. The maximum atomic E-state index is 7.85. The third kappa shape index (κ3) is 20.0. The van der Waals surface area contributed by atoms with Crippen LogP contribution in [0.2, 0.25) is 0 Å². The third-order valence-electron chi connectivity index (χ3n) is 15.3. The zero-order valence-corrected chi connectivity index (χ0v) is 49.1. The number of nitrogens with two attached hydrogens (primary N) is 2. The molecule has 2 saturated heterocycles. The fourth-order valence-corrected chi connectivity index (χ4v) is 10.8. The molecule has 0 spiro atoms. The lowest BCUT2D eigenvalue weighted by Crippen LogP contribution is -2.51. The molecule has 10 atom stereocenters. The van der Waals surface area contributed by atoms with Gasteiger partial charge >= 0.3 is 0 Å². The molecule has 1 aromatic rings. The second-order valence-corrected chi connectivity index (χ2v) is 23.6. The minimum absolute atomic E-state index is 0.0604. The van der Waals surface area contributed by atoms with E-state index in [1.165, 1.54) is 5.56 Å². The molecule has 12 N–H and O–H groups in total. The summed E-state index contributed by atoms with van der Waals surface area (Å²) in [4.78, 5) is 5.00. The zero-order valence-electron chi connectivity index (χ0n) is 49.1. The molecule has 0 aliphatic carbocycles. The molecule has 2 aliphatic rings. The molecule has 75 heavy (non-hydrogen) atoms. The van der Waals surface area contributed by atoms with Gasteiger partial charge < -0.3 is 58.5 Å². The van der Waals surface area contributed by atoms with Crippen molar-refractivity contribution in [2.24, 2.45) is 41.1 Å². The van der Waals surface area contributed by atoms with Gasteiger partial charge in [-0.25, -0.2) is 0 Å². The van der Waals surface area contributed by atoms with Gasteiger partial charge in [0.15, 0.2) is 0 Å². The van der Waals surface area contributed by atoms with Crippen LogP contribution in [0.4, 0.5) is 0 Å². The Hall–Kier alpha value is -5.33. The number of hydrogen-bond donors (Lipinski definition) is 10. The topological polar surface area (TPSA) is 167 Å². The molecule has 0 aromatic heterocycles. The van der Waals surface area contributed by atoms with Gasteiger partial charge in [0.05, 0.1) is 48.8 Å². The van der Waals surface area contributed by atoms with Gasteiger partial charge in [0.2, 0.25) is 0 Å². The summed E-state index contributed by atoms with van der Waals surface area (Å²) in [5.41, 5.74) is 22.3. The summed E-state index contributed by atoms with van der Waals surface area (Å²) in [5, 5.41) is 34.1. The fourth-order valence-electron chi connectivity index (χ4n) is 10.8. The molecule has 0 radical (unpaired) electrons. The van der Waals surface area contributed by atoms with Crippen molar-refractivity contribution in [2.45, 2.75) is 188 Å². The van der Waals surface area contributed by atoms with Crippen molar-refractivity contribution in [1.29, 1.82) is 5.41 Å². The van der Waals surface area contributed by atoms with Gasteiger partial charge in [-0.05, 0) is 100.0 Å². The lowest BCUT2D eigenvalue weighted by Gasteiger charge is -2.41. The molecule has 2 aliphatic heterocycles. The van der Waals surface area contributed by atoms with Crippen molar-refractivity contribution in [2.75, 3.05) is 26.2 Å². The normalized spacial score (nSPS) is 18.8. The average Bonchev–Trinajstić information content (AvgIpc) is 4.05. The quantitative estimate of drug-likeness (QED) is 0.0133. The zero-order chi connectivity index (χ0) is 56.3. The second-order valence-electron chi connectivity index (χ2n) is 23.6. The van der Waals surface area contributed by atoms with Gasteiger partial charge in [-0.1, -0.05) is 171 Å². The van der Waals surface area contributed by atoms with Crippen molar-refractivity contribution in [3.05, 3.63) is 146 Å². The van der Waals surface area contributed by atoms with Crippen molar-refractivity contribution < 1.29 is 0 Å². The third-order valence-corrected chi connectivity index (χ3v) is 15.3. The summed E-state index contributed by atoms with van der Waals surface area (Å²) in [6, 6.07) is 9.87. The first-order valence-corrected chi connectivity index (χ1v) is 28.4. The van der Waals surface area contributed by atoms with Crippen LogP contribution in [-0.4, -0.2) is 96.2 Å². The van der Waals surface area contributed by atoms with E-state index in [9.17, 15) is 0 Å². The highest BCUT2D eigenvalue weighted by molar-refractivity contribution is 5.78. The first-order chi connectivity index (χ1) is 35.3. The molecule has 3 rings (SSSR count). The largest absolute Gasteiger partial charge is 0.387 e. The van der Waals surface area contributed by atoms with E-state index < -0.39 is 0 Å². The molecule has 12 nitrogen and oxygen atoms in total. The predicted molar refractivity (Wildman–Crippen MR) is 324 cm³/mol. The van der Waals surface area contributed by atoms with Crippen LogP contribution in [-0.2, 0) is 6.42 Å².